The van der Waals surface area contributed by atoms with Gasteiger partial charge in [0.25, 0.3) is 0 Å². The molecule has 2 fully saturated rings. The van der Waals surface area contributed by atoms with Crippen LogP contribution in [0.3, 0.4) is 0 Å². The van der Waals surface area contributed by atoms with E-state index in [1.54, 1.807) is 0 Å². The lowest BCUT2D eigenvalue weighted by atomic mass is 10.1. The molecule has 0 spiro atoms. The molecule has 1 aliphatic carbocycles. The zero-order valence-electron chi connectivity index (χ0n) is 11.4. The first-order valence-corrected chi connectivity index (χ1v) is 7.34. The largest absolute Gasteiger partial charge is 0.372 e. The molecule has 2 heteroatoms. The summed E-state index contributed by atoms with van der Waals surface area (Å²) in [5, 5.41) is 3.63. The van der Waals surface area contributed by atoms with Crippen LogP contribution in [0, 0.1) is 0 Å². The third-order valence-corrected chi connectivity index (χ3v) is 4.38. The van der Waals surface area contributed by atoms with Crippen molar-refractivity contribution < 1.29 is 0 Å². The summed E-state index contributed by atoms with van der Waals surface area (Å²) in [7, 11) is 0. The highest BCUT2D eigenvalue weighted by molar-refractivity contribution is 5.47. The van der Waals surface area contributed by atoms with E-state index in [9.17, 15) is 0 Å². The van der Waals surface area contributed by atoms with Crippen molar-refractivity contribution in [1.29, 1.82) is 0 Å². The van der Waals surface area contributed by atoms with Crippen molar-refractivity contribution in [1.82, 2.24) is 5.32 Å². The molecule has 0 aromatic heterocycles. The minimum atomic E-state index is 0.436. The molecule has 18 heavy (non-hydrogen) atoms. The number of rotatable bonds is 4. The SMILES string of the molecule is CC1(NCc2ccc(N3CCCCC3)cc2)CC1. The van der Waals surface area contributed by atoms with Gasteiger partial charge in [-0.25, -0.2) is 0 Å². The number of hydrogen-bond donors (Lipinski definition) is 1. The Balaban J connectivity index is 1.57. The molecule has 3 rings (SSSR count). The van der Waals surface area contributed by atoms with E-state index in [4.69, 9.17) is 0 Å². The van der Waals surface area contributed by atoms with Crippen LogP contribution in [0.15, 0.2) is 24.3 Å². The Morgan fingerprint density at radius 1 is 1.06 bits per heavy atom. The zero-order valence-corrected chi connectivity index (χ0v) is 11.4. The molecule has 1 saturated heterocycles. The predicted molar refractivity (Wildman–Crippen MR) is 77.0 cm³/mol. The second-order valence-corrected chi connectivity index (χ2v) is 6.13. The van der Waals surface area contributed by atoms with Crippen molar-refractivity contribution in [3.05, 3.63) is 29.8 Å². The topological polar surface area (TPSA) is 15.3 Å². The molecule has 0 amide bonds. The summed E-state index contributed by atoms with van der Waals surface area (Å²) in [5.74, 6) is 0. The predicted octanol–water partition coefficient (Wildman–Crippen LogP) is 3.32. The quantitative estimate of drug-likeness (QED) is 0.874. The van der Waals surface area contributed by atoms with Gasteiger partial charge in [0.15, 0.2) is 0 Å². The van der Waals surface area contributed by atoms with E-state index in [0.717, 1.165) is 6.54 Å². The van der Waals surface area contributed by atoms with Crippen molar-refractivity contribution >= 4 is 5.69 Å². The average Bonchev–Trinajstić information content (AvgIpc) is 3.17. The Morgan fingerprint density at radius 3 is 2.33 bits per heavy atom. The normalized spacial score (nSPS) is 21.9. The molecular formula is C16H24N2. The number of nitrogens with zero attached hydrogens (tertiary/aromatic N) is 1. The molecule has 1 heterocycles. The second kappa shape index (κ2) is 4.93. The molecule has 98 valence electrons. The van der Waals surface area contributed by atoms with E-state index in [2.05, 4.69) is 41.4 Å². The van der Waals surface area contributed by atoms with Crippen LogP contribution in [0.4, 0.5) is 5.69 Å². The van der Waals surface area contributed by atoms with E-state index in [-0.39, 0.29) is 0 Å². The zero-order chi connectivity index (χ0) is 12.4. The standard InChI is InChI=1S/C16H24N2/c1-16(9-10-16)17-13-14-5-7-15(8-6-14)18-11-3-2-4-12-18/h5-8,17H,2-4,9-13H2,1H3. The highest BCUT2D eigenvalue weighted by Gasteiger charge is 2.36. The van der Waals surface area contributed by atoms with Crippen molar-refractivity contribution in [3.63, 3.8) is 0 Å². The summed E-state index contributed by atoms with van der Waals surface area (Å²) in [6.45, 7) is 5.79. The Hall–Kier alpha value is -1.02. The van der Waals surface area contributed by atoms with Gasteiger partial charge in [0.05, 0.1) is 0 Å². The van der Waals surface area contributed by atoms with Crippen molar-refractivity contribution in [3.8, 4) is 0 Å². The highest BCUT2D eigenvalue weighted by Crippen LogP contribution is 2.34. The van der Waals surface area contributed by atoms with Crippen LogP contribution in [0.2, 0.25) is 0 Å². The van der Waals surface area contributed by atoms with Crippen LogP contribution in [-0.2, 0) is 6.54 Å². The van der Waals surface area contributed by atoms with Gasteiger partial charge in [-0.15, -0.1) is 0 Å². The molecule has 0 bridgehead atoms. The van der Waals surface area contributed by atoms with Crippen LogP contribution in [0.1, 0.15) is 44.6 Å². The molecule has 0 atom stereocenters. The Labute approximate surface area is 110 Å². The Kier molecular flexibility index (Phi) is 3.29. The second-order valence-electron chi connectivity index (χ2n) is 6.13. The highest BCUT2D eigenvalue weighted by atomic mass is 15.1. The van der Waals surface area contributed by atoms with Crippen LogP contribution < -0.4 is 10.2 Å². The van der Waals surface area contributed by atoms with Gasteiger partial charge in [-0.1, -0.05) is 12.1 Å². The van der Waals surface area contributed by atoms with Gasteiger partial charge in [-0.05, 0) is 56.7 Å². The lowest BCUT2D eigenvalue weighted by Gasteiger charge is -2.28. The Bertz CT molecular complexity index is 386. The molecular weight excluding hydrogens is 220 g/mol. The van der Waals surface area contributed by atoms with Crippen LogP contribution in [-0.4, -0.2) is 18.6 Å². The maximum absolute atomic E-state index is 3.63. The van der Waals surface area contributed by atoms with Crippen molar-refractivity contribution in [2.45, 2.75) is 51.1 Å². The molecule has 0 radical (unpaired) electrons. The number of nitrogens with one attached hydrogen (secondary N) is 1. The minimum Gasteiger partial charge on any atom is -0.372 e. The van der Waals surface area contributed by atoms with Gasteiger partial charge in [-0.3, -0.25) is 0 Å². The fraction of sp³-hybridized carbons (Fsp3) is 0.625. The molecule has 1 N–H and O–H groups in total. The third-order valence-electron chi connectivity index (χ3n) is 4.38. The first-order valence-electron chi connectivity index (χ1n) is 7.34. The number of piperidine rings is 1. The monoisotopic (exact) mass is 244 g/mol. The summed E-state index contributed by atoms with van der Waals surface area (Å²) in [4.78, 5) is 2.52. The van der Waals surface area contributed by atoms with Crippen molar-refractivity contribution in [2.24, 2.45) is 0 Å². The summed E-state index contributed by atoms with van der Waals surface area (Å²) < 4.78 is 0. The van der Waals surface area contributed by atoms with Crippen LogP contribution in [0.5, 0.6) is 0 Å². The molecule has 1 saturated carbocycles. The lowest BCUT2D eigenvalue weighted by molar-refractivity contribution is 0.537. The Morgan fingerprint density at radius 2 is 1.72 bits per heavy atom. The van der Waals surface area contributed by atoms with Gasteiger partial charge in [-0.2, -0.15) is 0 Å². The minimum absolute atomic E-state index is 0.436. The van der Waals surface area contributed by atoms with Crippen LogP contribution in [0.25, 0.3) is 0 Å². The summed E-state index contributed by atoms with van der Waals surface area (Å²) in [5.41, 5.74) is 3.24. The van der Waals surface area contributed by atoms with E-state index < -0.39 is 0 Å². The average molecular weight is 244 g/mol. The number of anilines is 1. The van der Waals surface area contributed by atoms with Gasteiger partial charge >= 0.3 is 0 Å². The smallest absolute Gasteiger partial charge is 0.0366 e. The van der Waals surface area contributed by atoms with Gasteiger partial charge in [0.1, 0.15) is 0 Å². The fourth-order valence-corrected chi connectivity index (χ4v) is 2.66. The molecule has 2 aliphatic rings. The molecule has 1 aliphatic heterocycles. The molecule has 0 unspecified atom stereocenters. The van der Waals surface area contributed by atoms with Gasteiger partial charge < -0.3 is 10.2 Å². The van der Waals surface area contributed by atoms with E-state index >= 15 is 0 Å². The molecule has 1 aromatic rings. The first kappa shape index (κ1) is 12.0. The maximum atomic E-state index is 3.63. The van der Waals surface area contributed by atoms with Gasteiger partial charge in [0.2, 0.25) is 0 Å². The van der Waals surface area contributed by atoms with Gasteiger partial charge in [0, 0.05) is 30.9 Å². The van der Waals surface area contributed by atoms with E-state index in [1.165, 1.54) is 56.4 Å². The van der Waals surface area contributed by atoms with Crippen LogP contribution >= 0.6 is 0 Å². The van der Waals surface area contributed by atoms with E-state index in [1.807, 2.05) is 0 Å². The summed E-state index contributed by atoms with van der Waals surface area (Å²) in [6, 6.07) is 9.14. The van der Waals surface area contributed by atoms with E-state index in [0.29, 0.717) is 5.54 Å². The third kappa shape index (κ3) is 2.86. The molecule has 1 aromatic carbocycles. The number of benzene rings is 1. The summed E-state index contributed by atoms with van der Waals surface area (Å²) in [6.07, 6.45) is 6.76. The van der Waals surface area contributed by atoms with Crippen molar-refractivity contribution in [2.75, 3.05) is 18.0 Å². The first-order chi connectivity index (χ1) is 8.75. The lowest BCUT2D eigenvalue weighted by Crippen LogP contribution is -2.29. The molecule has 2 nitrogen and oxygen atoms in total. The fourth-order valence-electron chi connectivity index (χ4n) is 2.66. The number of hydrogen-bond acceptors (Lipinski definition) is 2. The maximum Gasteiger partial charge on any atom is 0.0366 e. The summed E-state index contributed by atoms with van der Waals surface area (Å²) >= 11 is 0.